The van der Waals surface area contributed by atoms with Gasteiger partial charge in [-0.3, -0.25) is 4.79 Å². The first-order chi connectivity index (χ1) is 9.91. The Morgan fingerprint density at radius 1 is 1.33 bits per heavy atom. The summed E-state index contributed by atoms with van der Waals surface area (Å²) in [6.45, 7) is 1.92. The van der Waals surface area contributed by atoms with Crippen molar-refractivity contribution in [2.24, 2.45) is 0 Å². The molecule has 1 aromatic carbocycles. The van der Waals surface area contributed by atoms with Gasteiger partial charge in [0.15, 0.2) is 11.5 Å². The van der Waals surface area contributed by atoms with Crippen LogP contribution in [0.5, 0.6) is 11.5 Å². The summed E-state index contributed by atoms with van der Waals surface area (Å²) in [5.41, 5.74) is 0.510. The van der Waals surface area contributed by atoms with Crippen LogP contribution in [0.2, 0.25) is 0 Å². The van der Waals surface area contributed by atoms with Crippen LogP contribution in [0.3, 0.4) is 0 Å². The number of carbonyl (C=O) groups is 1. The van der Waals surface area contributed by atoms with Crippen LogP contribution in [0.1, 0.15) is 18.4 Å². The Labute approximate surface area is 122 Å². The van der Waals surface area contributed by atoms with Crippen molar-refractivity contribution in [3.63, 3.8) is 0 Å². The van der Waals surface area contributed by atoms with Crippen LogP contribution < -0.4 is 9.47 Å². The Balaban J connectivity index is 2.05. The maximum atomic E-state index is 12.7. The molecule has 0 aromatic heterocycles. The molecule has 0 radical (unpaired) electrons. The van der Waals surface area contributed by atoms with Crippen LogP contribution in [0.4, 0.5) is 0 Å². The van der Waals surface area contributed by atoms with E-state index in [-0.39, 0.29) is 18.2 Å². The number of aryl methyl sites for hydroxylation is 1. The van der Waals surface area contributed by atoms with Gasteiger partial charge in [0, 0.05) is 12.6 Å². The zero-order valence-corrected chi connectivity index (χ0v) is 12.2. The summed E-state index contributed by atoms with van der Waals surface area (Å²) in [5, 5.41) is 9.17. The van der Waals surface area contributed by atoms with Gasteiger partial charge in [-0.25, -0.2) is 8.42 Å². The lowest BCUT2D eigenvalue weighted by Gasteiger charge is -2.22. The van der Waals surface area contributed by atoms with E-state index in [1.54, 1.807) is 13.0 Å². The van der Waals surface area contributed by atoms with Crippen LogP contribution in [-0.2, 0) is 14.8 Å². The Morgan fingerprint density at radius 2 is 2.00 bits per heavy atom. The molecule has 7 nitrogen and oxygen atoms in total. The molecule has 0 saturated carbocycles. The van der Waals surface area contributed by atoms with Gasteiger partial charge in [0.05, 0.1) is 4.90 Å². The number of sulfonamides is 1. The van der Waals surface area contributed by atoms with E-state index in [1.165, 1.54) is 6.07 Å². The molecule has 0 spiro atoms. The summed E-state index contributed by atoms with van der Waals surface area (Å²) >= 11 is 0. The van der Waals surface area contributed by atoms with Crippen molar-refractivity contribution in [2.75, 3.05) is 13.3 Å². The van der Waals surface area contributed by atoms with E-state index in [4.69, 9.17) is 14.6 Å². The molecule has 2 heterocycles. The summed E-state index contributed by atoms with van der Waals surface area (Å²) in [4.78, 5) is 11.3. The summed E-state index contributed by atoms with van der Waals surface area (Å²) in [7, 11) is -3.87. The maximum absolute atomic E-state index is 12.7. The molecule has 21 heavy (non-hydrogen) atoms. The fourth-order valence-corrected chi connectivity index (χ4v) is 4.58. The zero-order chi connectivity index (χ0) is 15.2. The van der Waals surface area contributed by atoms with Crippen molar-refractivity contribution in [2.45, 2.75) is 30.7 Å². The van der Waals surface area contributed by atoms with E-state index in [0.29, 0.717) is 29.9 Å². The van der Waals surface area contributed by atoms with E-state index in [1.807, 2.05) is 0 Å². The average Bonchev–Trinajstić information content (AvgIpc) is 3.05. The molecule has 0 bridgehead atoms. The van der Waals surface area contributed by atoms with E-state index >= 15 is 0 Å². The van der Waals surface area contributed by atoms with Crippen molar-refractivity contribution < 1.29 is 27.8 Å². The molecule has 1 aromatic rings. The van der Waals surface area contributed by atoms with E-state index in [2.05, 4.69) is 0 Å². The molecular weight excluding hydrogens is 298 g/mol. The first kappa shape index (κ1) is 14.2. The van der Waals surface area contributed by atoms with Crippen LogP contribution in [0.15, 0.2) is 17.0 Å². The Hall–Kier alpha value is -1.80. The fourth-order valence-electron chi connectivity index (χ4n) is 2.70. The lowest BCUT2D eigenvalue weighted by Crippen LogP contribution is -2.40. The Bertz CT molecular complexity index is 699. The number of ether oxygens (including phenoxy) is 2. The predicted molar refractivity (Wildman–Crippen MR) is 71.9 cm³/mol. The summed E-state index contributed by atoms with van der Waals surface area (Å²) in [6, 6.07) is 2.01. The van der Waals surface area contributed by atoms with Crippen molar-refractivity contribution in [3.8, 4) is 11.5 Å². The number of hydrogen-bond acceptors (Lipinski definition) is 5. The average molecular weight is 313 g/mol. The summed E-state index contributed by atoms with van der Waals surface area (Å²) in [6.07, 6.45) is 0.873. The molecule has 0 aliphatic carbocycles. The number of nitrogens with zero attached hydrogens (tertiary/aromatic N) is 1. The van der Waals surface area contributed by atoms with Crippen molar-refractivity contribution >= 4 is 16.0 Å². The standard InChI is InChI=1S/C13H15NO6S/c1-8-5-10-11(20-7-19-10)6-12(8)21(17,18)14-4-2-3-9(14)13(15)16/h5-6,9H,2-4,7H2,1H3,(H,15,16)/t9-/m0/s1. The molecular formula is C13H15NO6S. The van der Waals surface area contributed by atoms with Crippen LogP contribution in [-0.4, -0.2) is 43.2 Å². The largest absolute Gasteiger partial charge is 0.480 e. The highest BCUT2D eigenvalue weighted by molar-refractivity contribution is 7.89. The van der Waals surface area contributed by atoms with Gasteiger partial charge in [-0.05, 0) is 31.4 Å². The zero-order valence-electron chi connectivity index (χ0n) is 11.4. The predicted octanol–water partition coefficient (Wildman–Crippen LogP) is 0.961. The topological polar surface area (TPSA) is 93.1 Å². The van der Waals surface area contributed by atoms with Gasteiger partial charge in [0.1, 0.15) is 6.04 Å². The second-order valence-electron chi connectivity index (χ2n) is 5.08. The van der Waals surface area contributed by atoms with Crippen LogP contribution in [0.25, 0.3) is 0 Å². The molecule has 2 aliphatic rings. The quantitative estimate of drug-likeness (QED) is 0.893. The van der Waals surface area contributed by atoms with Gasteiger partial charge in [0.2, 0.25) is 16.8 Å². The van der Waals surface area contributed by atoms with Gasteiger partial charge in [-0.2, -0.15) is 4.31 Å². The molecule has 1 N–H and O–H groups in total. The third-order valence-corrected chi connectivity index (χ3v) is 5.80. The highest BCUT2D eigenvalue weighted by atomic mass is 32.2. The smallest absolute Gasteiger partial charge is 0.322 e. The van der Waals surface area contributed by atoms with Gasteiger partial charge in [-0.1, -0.05) is 0 Å². The van der Waals surface area contributed by atoms with Crippen molar-refractivity contribution in [3.05, 3.63) is 17.7 Å². The number of benzene rings is 1. The molecule has 2 aliphatic heterocycles. The Kier molecular flexibility index (Phi) is 3.29. The minimum absolute atomic E-state index is 0.0553. The molecule has 0 amide bonds. The lowest BCUT2D eigenvalue weighted by atomic mass is 10.2. The molecule has 1 atom stereocenters. The highest BCUT2D eigenvalue weighted by Gasteiger charge is 2.40. The molecule has 8 heteroatoms. The fraction of sp³-hybridized carbons (Fsp3) is 0.462. The van der Waals surface area contributed by atoms with Gasteiger partial charge >= 0.3 is 5.97 Å². The van der Waals surface area contributed by atoms with Crippen LogP contribution >= 0.6 is 0 Å². The number of carboxylic acid groups (broad SMARTS) is 1. The van der Waals surface area contributed by atoms with Crippen LogP contribution in [0, 0.1) is 6.92 Å². The minimum Gasteiger partial charge on any atom is -0.480 e. The number of carboxylic acids is 1. The third kappa shape index (κ3) is 2.24. The van der Waals surface area contributed by atoms with E-state index in [0.717, 1.165) is 4.31 Å². The van der Waals surface area contributed by atoms with Crippen molar-refractivity contribution in [1.29, 1.82) is 0 Å². The molecule has 1 saturated heterocycles. The Morgan fingerprint density at radius 3 is 2.67 bits per heavy atom. The first-order valence-corrected chi connectivity index (χ1v) is 8.00. The van der Waals surface area contributed by atoms with E-state index < -0.39 is 22.0 Å². The summed E-state index contributed by atoms with van der Waals surface area (Å²) < 4.78 is 36.9. The molecule has 1 fully saturated rings. The normalized spacial score (nSPS) is 21.7. The molecule has 3 rings (SSSR count). The van der Waals surface area contributed by atoms with Gasteiger partial charge in [-0.15, -0.1) is 0 Å². The highest BCUT2D eigenvalue weighted by Crippen LogP contribution is 2.38. The van der Waals surface area contributed by atoms with Gasteiger partial charge < -0.3 is 14.6 Å². The third-order valence-electron chi connectivity index (χ3n) is 3.75. The number of fused-ring (bicyclic) bond motifs is 1. The number of aliphatic carboxylic acids is 1. The summed E-state index contributed by atoms with van der Waals surface area (Å²) in [5.74, 6) is -0.248. The molecule has 0 unspecified atom stereocenters. The lowest BCUT2D eigenvalue weighted by molar-refractivity contribution is -0.140. The minimum atomic E-state index is -3.87. The second kappa shape index (κ2) is 4.88. The van der Waals surface area contributed by atoms with E-state index in [9.17, 15) is 13.2 Å². The SMILES string of the molecule is Cc1cc2c(cc1S(=O)(=O)N1CCC[C@H]1C(=O)O)OCO2. The second-order valence-corrected chi connectivity index (χ2v) is 6.94. The van der Waals surface area contributed by atoms with Gasteiger partial charge in [0.25, 0.3) is 0 Å². The molecule has 114 valence electrons. The van der Waals surface area contributed by atoms with Crippen molar-refractivity contribution in [1.82, 2.24) is 4.31 Å². The number of hydrogen-bond donors (Lipinski definition) is 1. The monoisotopic (exact) mass is 313 g/mol. The maximum Gasteiger partial charge on any atom is 0.322 e. The first-order valence-electron chi connectivity index (χ1n) is 6.56. The number of rotatable bonds is 3.